The lowest BCUT2D eigenvalue weighted by Crippen LogP contribution is -2.54. The van der Waals surface area contributed by atoms with Gasteiger partial charge in [0.25, 0.3) is 0 Å². The molecule has 3 atom stereocenters. The van der Waals surface area contributed by atoms with Crippen LogP contribution < -0.4 is 19.7 Å². The number of methoxy groups -OCH3 is 1. The van der Waals surface area contributed by atoms with Gasteiger partial charge in [0.2, 0.25) is 15.9 Å². The highest BCUT2D eigenvalue weighted by molar-refractivity contribution is 7.89. The number of nitrogens with zero attached hydrogens (tertiary/aromatic N) is 1. The standard InChI is InChI=1S/C31H37N3O7S/c1-21(2)16-23-18-25(40-3)14-15-29(23)42(38,39)32-19-28(35)26(17-22-10-6-4-7-11-22)33-30(36)27-20-41-31(37)34(27)24-12-8-5-9-13-24/h4-15,18,21,26-28,32,35H,16-17,19-20H2,1-3H3,(H,33,36)/t26-,27?,28+/m0/s1. The Bertz CT molecular complexity index is 1470. The summed E-state index contributed by atoms with van der Waals surface area (Å²) in [4.78, 5) is 27.3. The summed E-state index contributed by atoms with van der Waals surface area (Å²) < 4.78 is 39.7. The van der Waals surface area contributed by atoms with Gasteiger partial charge in [0.1, 0.15) is 12.4 Å². The highest BCUT2D eigenvalue weighted by Gasteiger charge is 2.40. The second-order valence-electron chi connectivity index (χ2n) is 10.6. The van der Waals surface area contributed by atoms with E-state index in [2.05, 4.69) is 10.0 Å². The van der Waals surface area contributed by atoms with Gasteiger partial charge < -0.3 is 19.9 Å². The molecule has 1 unspecified atom stereocenters. The number of carbonyl (C=O) groups excluding carboxylic acids is 2. The van der Waals surface area contributed by atoms with Crippen LogP contribution in [0.5, 0.6) is 5.75 Å². The molecule has 42 heavy (non-hydrogen) atoms. The topological polar surface area (TPSA) is 134 Å². The Balaban J connectivity index is 1.53. The first-order valence-corrected chi connectivity index (χ1v) is 15.3. The van der Waals surface area contributed by atoms with Crippen molar-refractivity contribution in [1.29, 1.82) is 0 Å². The number of anilines is 1. The first-order valence-electron chi connectivity index (χ1n) is 13.8. The minimum atomic E-state index is -4.01. The van der Waals surface area contributed by atoms with Crippen molar-refractivity contribution in [3.05, 3.63) is 90.0 Å². The molecule has 1 fully saturated rings. The number of benzene rings is 3. The molecule has 3 N–H and O–H groups in total. The second-order valence-corrected chi connectivity index (χ2v) is 12.3. The van der Waals surface area contributed by atoms with Crippen LogP contribution >= 0.6 is 0 Å². The van der Waals surface area contributed by atoms with Crippen molar-refractivity contribution in [3.8, 4) is 5.75 Å². The zero-order valence-electron chi connectivity index (χ0n) is 23.9. The van der Waals surface area contributed by atoms with Crippen LogP contribution in [0.25, 0.3) is 0 Å². The highest BCUT2D eigenvalue weighted by atomic mass is 32.2. The summed E-state index contributed by atoms with van der Waals surface area (Å²) in [5, 5.41) is 14.1. The molecular weight excluding hydrogens is 558 g/mol. The van der Waals surface area contributed by atoms with Crippen LogP contribution in [0.3, 0.4) is 0 Å². The summed E-state index contributed by atoms with van der Waals surface area (Å²) in [6.45, 7) is 3.48. The van der Waals surface area contributed by atoms with Crippen LogP contribution in [0.15, 0.2) is 83.8 Å². The van der Waals surface area contributed by atoms with Crippen molar-refractivity contribution in [2.45, 2.75) is 49.8 Å². The molecule has 0 radical (unpaired) electrons. The SMILES string of the molecule is COc1ccc(S(=O)(=O)NC[C@@H](O)[C@H](Cc2ccccc2)NC(=O)C2COC(=O)N2c2ccccc2)c(CC(C)C)c1. The number of ether oxygens (including phenoxy) is 2. The van der Waals surface area contributed by atoms with E-state index in [9.17, 15) is 23.1 Å². The summed E-state index contributed by atoms with van der Waals surface area (Å²) in [7, 11) is -2.49. The van der Waals surface area contributed by atoms with Crippen LogP contribution in [-0.2, 0) is 32.4 Å². The fraction of sp³-hybridized carbons (Fsp3) is 0.355. The molecule has 0 bridgehead atoms. The molecular formula is C31H37N3O7S. The maximum absolute atomic E-state index is 13.5. The van der Waals surface area contributed by atoms with Gasteiger partial charge in [0.05, 0.1) is 24.2 Å². The monoisotopic (exact) mass is 595 g/mol. The number of carbonyl (C=O) groups is 2. The molecule has 10 nitrogen and oxygen atoms in total. The lowest BCUT2D eigenvalue weighted by atomic mass is 10.0. The number of sulfonamides is 1. The van der Waals surface area contributed by atoms with E-state index in [-0.39, 0.29) is 30.4 Å². The molecule has 1 aliphatic heterocycles. The third-order valence-electron chi connectivity index (χ3n) is 6.97. The molecule has 4 rings (SSSR count). The Labute approximate surface area is 246 Å². The molecule has 11 heteroatoms. The van der Waals surface area contributed by atoms with Gasteiger partial charge in [-0.15, -0.1) is 0 Å². The quantitative estimate of drug-likeness (QED) is 0.276. The molecule has 1 aliphatic rings. The number of nitrogens with one attached hydrogen (secondary N) is 2. The van der Waals surface area contributed by atoms with Crippen molar-refractivity contribution in [2.75, 3.05) is 25.2 Å². The molecule has 1 heterocycles. The minimum Gasteiger partial charge on any atom is -0.497 e. The number of cyclic esters (lactones) is 1. The molecule has 0 aromatic heterocycles. The van der Waals surface area contributed by atoms with Crippen LogP contribution in [0.1, 0.15) is 25.0 Å². The molecule has 1 saturated heterocycles. The molecule has 3 aromatic rings. The normalized spacial score (nSPS) is 16.6. The van der Waals surface area contributed by atoms with E-state index in [4.69, 9.17) is 9.47 Å². The van der Waals surface area contributed by atoms with Crippen LogP contribution in [-0.4, -0.2) is 64.0 Å². The number of hydrogen-bond acceptors (Lipinski definition) is 7. The van der Waals surface area contributed by atoms with Gasteiger partial charge in [0, 0.05) is 12.2 Å². The summed E-state index contributed by atoms with van der Waals surface area (Å²) in [6.07, 6.45) is -1.20. The Morgan fingerprint density at radius 2 is 1.71 bits per heavy atom. The Morgan fingerprint density at radius 3 is 2.36 bits per heavy atom. The van der Waals surface area contributed by atoms with Gasteiger partial charge in [-0.1, -0.05) is 62.4 Å². The number of amides is 2. The zero-order chi connectivity index (χ0) is 30.3. The van der Waals surface area contributed by atoms with E-state index in [1.54, 1.807) is 42.5 Å². The molecule has 0 spiro atoms. The van der Waals surface area contributed by atoms with E-state index in [0.29, 0.717) is 23.4 Å². The molecule has 224 valence electrons. The van der Waals surface area contributed by atoms with Crippen molar-refractivity contribution in [2.24, 2.45) is 5.92 Å². The van der Waals surface area contributed by atoms with Gasteiger partial charge in [-0.25, -0.2) is 17.9 Å². The fourth-order valence-electron chi connectivity index (χ4n) is 4.88. The third kappa shape index (κ3) is 7.67. The minimum absolute atomic E-state index is 0.105. The smallest absolute Gasteiger partial charge is 0.415 e. The fourth-order valence-corrected chi connectivity index (χ4v) is 6.16. The Morgan fingerprint density at radius 1 is 1.05 bits per heavy atom. The van der Waals surface area contributed by atoms with Crippen molar-refractivity contribution in [3.63, 3.8) is 0 Å². The van der Waals surface area contributed by atoms with Crippen LogP contribution in [0.2, 0.25) is 0 Å². The maximum Gasteiger partial charge on any atom is 0.415 e. The highest BCUT2D eigenvalue weighted by Crippen LogP contribution is 2.25. The van der Waals surface area contributed by atoms with E-state index in [1.807, 2.05) is 44.2 Å². The van der Waals surface area contributed by atoms with Gasteiger partial charge in [-0.3, -0.25) is 9.69 Å². The molecule has 0 aliphatic carbocycles. The average molecular weight is 596 g/mol. The summed E-state index contributed by atoms with van der Waals surface area (Å²) in [6, 6.07) is 20.9. The number of aliphatic hydroxyl groups excluding tert-OH is 1. The number of hydrogen-bond donors (Lipinski definition) is 3. The maximum atomic E-state index is 13.5. The molecule has 3 aromatic carbocycles. The lowest BCUT2D eigenvalue weighted by Gasteiger charge is -2.28. The van der Waals surface area contributed by atoms with Crippen LogP contribution in [0.4, 0.5) is 10.5 Å². The number of aliphatic hydroxyl groups is 1. The van der Waals surface area contributed by atoms with Gasteiger partial charge in [-0.2, -0.15) is 0 Å². The van der Waals surface area contributed by atoms with E-state index >= 15 is 0 Å². The van der Waals surface area contributed by atoms with E-state index < -0.39 is 40.2 Å². The molecule has 2 amide bonds. The van der Waals surface area contributed by atoms with Gasteiger partial charge in [0.15, 0.2) is 6.04 Å². The lowest BCUT2D eigenvalue weighted by molar-refractivity contribution is -0.123. The van der Waals surface area contributed by atoms with Crippen LogP contribution in [0, 0.1) is 5.92 Å². The largest absolute Gasteiger partial charge is 0.497 e. The molecule has 0 saturated carbocycles. The predicted molar refractivity (Wildman–Crippen MR) is 159 cm³/mol. The van der Waals surface area contributed by atoms with Crippen molar-refractivity contribution in [1.82, 2.24) is 10.0 Å². The summed E-state index contributed by atoms with van der Waals surface area (Å²) >= 11 is 0. The number of rotatable bonds is 13. The Kier molecular flexibility index (Phi) is 10.2. The third-order valence-corrected chi connectivity index (χ3v) is 8.49. The van der Waals surface area contributed by atoms with Crippen molar-refractivity contribution >= 4 is 27.7 Å². The van der Waals surface area contributed by atoms with Crippen molar-refractivity contribution < 1.29 is 32.6 Å². The average Bonchev–Trinajstić information content (AvgIpc) is 3.37. The van der Waals surface area contributed by atoms with Gasteiger partial charge in [-0.05, 0) is 60.2 Å². The van der Waals surface area contributed by atoms with E-state index in [0.717, 1.165) is 5.56 Å². The summed E-state index contributed by atoms with van der Waals surface area (Å²) in [5.41, 5.74) is 1.94. The first-order chi connectivity index (χ1) is 20.1. The summed E-state index contributed by atoms with van der Waals surface area (Å²) in [5.74, 6) is 0.222. The second kappa shape index (κ2) is 13.8. The predicted octanol–water partition coefficient (Wildman–Crippen LogP) is 3.29. The number of para-hydroxylation sites is 1. The van der Waals surface area contributed by atoms with E-state index in [1.165, 1.54) is 18.1 Å². The Hall–Kier alpha value is -3.93. The van der Waals surface area contributed by atoms with Gasteiger partial charge >= 0.3 is 6.09 Å². The first kappa shape index (κ1) is 31.0. The zero-order valence-corrected chi connectivity index (χ0v) is 24.7.